The van der Waals surface area contributed by atoms with Gasteiger partial charge in [-0.25, -0.2) is 0 Å². The number of benzene rings is 2. The molecule has 0 aromatic heterocycles. The third-order valence-electron chi connectivity index (χ3n) is 10.6. The van der Waals surface area contributed by atoms with Crippen molar-refractivity contribution in [3.05, 3.63) is 35.4 Å². The first-order valence-electron chi connectivity index (χ1n) is 21.2. The maximum atomic E-state index is 10.3. The topological polar surface area (TPSA) is 57.2 Å². The molecule has 0 fully saturated rings. The normalized spacial score (nSPS) is 11.9. The predicted octanol–water partition coefficient (Wildman–Crippen LogP) is 13.6. The first-order chi connectivity index (χ1) is 25.0. The van der Waals surface area contributed by atoms with E-state index in [2.05, 4.69) is 38.1 Å². The van der Waals surface area contributed by atoms with Crippen LogP contribution in [0.4, 0.5) is 0 Å². The van der Waals surface area contributed by atoms with Crippen molar-refractivity contribution in [2.24, 2.45) is 0 Å². The van der Waals surface area contributed by atoms with Crippen molar-refractivity contribution in [1.82, 2.24) is 0 Å². The van der Waals surface area contributed by atoms with Crippen molar-refractivity contribution in [1.29, 1.82) is 0 Å². The van der Waals surface area contributed by atoms with Gasteiger partial charge in [0.2, 0.25) is 0 Å². The van der Waals surface area contributed by atoms with E-state index in [4.69, 9.17) is 18.9 Å². The average molecular weight is 711 g/mol. The summed E-state index contributed by atoms with van der Waals surface area (Å²) in [5.41, 5.74) is 4.61. The minimum atomic E-state index is -0.127. The Hall–Kier alpha value is -2.40. The molecule has 2 aromatic rings. The molecular weight excluding hydrogens is 633 g/mol. The Kier molecular flexibility index (Phi) is 25.5. The summed E-state index contributed by atoms with van der Waals surface area (Å²) in [5.74, 6) is 3.22. The molecule has 5 nitrogen and oxygen atoms in total. The zero-order valence-corrected chi connectivity index (χ0v) is 34.1. The molecule has 1 N–H and O–H groups in total. The first-order valence-corrected chi connectivity index (χ1v) is 21.2. The van der Waals surface area contributed by atoms with E-state index in [1.165, 1.54) is 133 Å². The molecule has 51 heavy (non-hydrogen) atoms. The standard InChI is InChI=1S/C46H78O5/c1-7-9-11-13-14-15-16-17-18-19-20-23-26-30-38-34-40(36-43(48-3)45(38)50-5)41-35-39(46(51-6)44(37-41)49-4)31-27-24-21-25-29-33-42(47)32-28-22-12-10-8-2/h34-37,42,47H,7-33H2,1-6H3/t42-/m1/s1. The minimum Gasteiger partial charge on any atom is -0.493 e. The lowest BCUT2D eigenvalue weighted by Gasteiger charge is -2.18. The Morgan fingerprint density at radius 3 is 1.04 bits per heavy atom. The van der Waals surface area contributed by atoms with Gasteiger partial charge in [0, 0.05) is 0 Å². The minimum absolute atomic E-state index is 0.127. The molecule has 1 atom stereocenters. The van der Waals surface area contributed by atoms with Crippen LogP contribution < -0.4 is 18.9 Å². The van der Waals surface area contributed by atoms with E-state index in [9.17, 15) is 5.11 Å². The maximum Gasteiger partial charge on any atom is 0.163 e. The fraction of sp³-hybridized carbons (Fsp3) is 0.739. The van der Waals surface area contributed by atoms with Crippen molar-refractivity contribution < 1.29 is 24.1 Å². The molecular formula is C46H78O5. The highest BCUT2D eigenvalue weighted by Gasteiger charge is 2.18. The van der Waals surface area contributed by atoms with Crippen molar-refractivity contribution in [2.45, 2.75) is 193 Å². The summed E-state index contributed by atoms with van der Waals surface area (Å²) in [6.45, 7) is 4.53. The number of rotatable bonds is 33. The zero-order chi connectivity index (χ0) is 36.9. The summed E-state index contributed by atoms with van der Waals surface area (Å²) < 4.78 is 23.5. The summed E-state index contributed by atoms with van der Waals surface area (Å²) in [7, 11) is 6.93. The van der Waals surface area contributed by atoms with Gasteiger partial charge in [-0.15, -0.1) is 0 Å². The average Bonchev–Trinajstić information content (AvgIpc) is 3.15. The van der Waals surface area contributed by atoms with Crippen LogP contribution in [0.2, 0.25) is 0 Å². The van der Waals surface area contributed by atoms with E-state index in [0.717, 1.165) is 85.5 Å². The number of aryl methyl sites for hydroxylation is 2. The molecule has 0 saturated carbocycles. The summed E-state index contributed by atoms with van der Waals surface area (Å²) in [5, 5.41) is 10.3. The molecule has 0 bridgehead atoms. The van der Waals surface area contributed by atoms with Crippen molar-refractivity contribution in [2.75, 3.05) is 28.4 Å². The second-order valence-corrected chi connectivity index (χ2v) is 14.9. The number of hydrogen-bond donors (Lipinski definition) is 1. The fourth-order valence-electron chi connectivity index (χ4n) is 7.48. The van der Waals surface area contributed by atoms with Crippen LogP contribution in [0.15, 0.2) is 24.3 Å². The van der Waals surface area contributed by atoms with E-state index >= 15 is 0 Å². The number of aliphatic hydroxyl groups is 1. The van der Waals surface area contributed by atoms with E-state index < -0.39 is 0 Å². The molecule has 5 heteroatoms. The van der Waals surface area contributed by atoms with E-state index in [1.807, 2.05) is 0 Å². The quantitative estimate of drug-likeness (QED) is 0.0747. The van der Waals surface area contributed by atoms with Crippen LogP contribution >= 0.6 is 0 Å². The molecule has 0 aliphatic heterocycles. The summed E-state index contributed by atoms with van der Waals surface area (Å²) in [6.07, 6.45) is 33.3. The van der Waals surface area contributed by atoms with Gasteiger partial charge in [0.05, 0.1) is 34.5 Å². The van der Waals surface area contributed by atoms with Crippen LogP contribution in [0.5, 0.6) is 23.0 Å². The van der Waals surface area contributed by atoms with Crippen LogP contribution in [-0.4, -0.2) is 39.6 Å². The van der Waals surface area contributed by atoms with Crippen LogP contribution in [-0.2, 0) is 12.8 Å². The number of methoxy groups -OCH3 is 4. The largest absolute Gasteiger partial charge is 0.493 e. The molecule has 0 saturated heterocycles. The third kappa shape index (κ3) is 18.3. The van der Waals surface area contributed by atoms with Crippen molar-refractivity contribution in [3.63, 3.8) is 0 Å². The van der Waals surface area contributed by atoms with Gasteiger partial charge in [-0.1, -0.05) is 149 Å². The van der Waals surface area contributed by atoms with Gasteiger partial charge in [0.25, 0.3) is 0 Å². The molecule has 0 aliphatic carbocycles. The SMILES string of the molecule is CCCCCCCCCCCCCCCc1cc(-c2cc(CCCCCCC[C@H](O)CCCCCCC)c(OC)c(OC)c2)cc(OC)c1OC. The molecule has 0 heterocycles. The second-order valence-electron chi connectivity index (χ2n) is 14.9. The molecule has 0 unspecified atom stereocenters. The van der Waals surface area contributed by atoms with Gasteiger partial charge in [-0.2, -0.15) is 0 Å². The van der Waals surface area contributed by atoms with E-state index in [0.29, 0.717) is 0 Å². The van der Waals surface area contributed by atoms with Gasteiger partial charge < -0.3 is 24.1 Å². The van der Waals surface area contributed by atoms with Gasteiger partial charge >= 0.3 is 0 Å². The summed E-state index contributed by atoms with van der Waals surface area (Å²) >= 11 is 0. The Labute approximate surface area is 314 Å². The van der Waals surface area contributed by atoms with E-state index in [-0.39, 0.29) is 6.10 Å². The fourth-order valence-corrected chi connectivity index (χ4v) is 7.48. The molecule has 0 radical (unpaired) electrons. The number of ether oxygens (including phenoxy) is 4. The Morgan fingerprint density at radius 2 is 0.725 bits per heavy atom. The molecule has 0 aliphatic rings. The third-order valence-corrected chi connectivity index (χ3v) is 10.6. The summed E-state index contributed by atoms with van der Waals surface area (Å²) in [6, 6.07) is 8.74. The highest BCUT2D eigenvalue weighted by atomic mass is 16.5. The molecule has 2 aromatic carbocycles. The zero-order valence-electron chi connectivity index (χ0n) is 34.1. The van der Waals surface area contributed by atoms with Crippen LogP contribution in [0.1, 0.15) is 185 Å². The van der Waals surface area contributed by atoms with Crippen molar-refractivity contribution >= 4 is 0 Å². The number of aliphatic hydroxyl groups excluding tert-OH is 1. The number of unbranched alkanes of at least 4 members (excludes halogenated alkanes) is 20. The molecule has 0 amide bonds. The highest BCUT2D eigenvalue weighted by molar-refractivity contribution is 5.73. The molecule has 292 valence electrons. The lowest BCUT2D eigenvalue weighted by atomic mass is 9.95. The van der Waals surface area contributed by atoms with E-state index in [1.54, 1.807) is 28.4 Å². The van der Waals surface area contributed by atoms with Gasteiger partial charge in [0.1, 0.15) is 0 Å². The monoisotopic (exact) mass is 711 g/mol. The van der Waals surface area contributed by atoms with Gasteiger partial charge in [-0.3, -0.25) is 0 Å². The van der Waals surface area contributed by atoms with Gasteiger partial charge in [0.15, 0.2) is 23.0 Å². The van der Waals surface area contributed by atoms with Crippen LogP contribution in [0.25, 0.3) is 11.1 Å². The van der Waals surface area contributed by atoms with Crippen LogP contribution in [0.3, 0.4) is 0 Å². The smallest absolute Gasteiger partial charge is 0.163 e. The second kappa shape index (κ2) is 29.1. The highest BCUT2D eigenvalue weighted by Crippen LogP contribution is 2.41. The van der Waals surface area contributed by atoms with Crippen LogP contribution in [0, 0.1) is 0 Å². The Morgan fingerprint density at radius 1 is 0.412 bits per heavy atom. The molecule has 0 spiro atoms. The first kappa shape index (κ1) is 44.8. The van der Waals surface area contributed by atoms with Crippen molar-refractivity contribution in [3.8, 4) is 34.1 Å². The lowest BCUT2D eigenvalue weighted by Crippen LogP contribution is -2.05. The Bertz CT molecular complexity index is 1140. The van der Waals surface area contributed by atoms with Gasteiger partial charge in [-0.05, 0) is 85.0 Å². The predicted molar refractivity (Wildman–Crippen MR) is 218 cm³/mol. The summed E-state index contributed by atoms with van der Waals surface area (Å²) in [4.78, 5) is 0. The maximum absolute atomic E-state index is 10.3. The lowest BCUT2D eigenvalue weighted by molar-refractivity contribution is 0.147. The Balaban J connectivity index is 1.92. The number of hydrogen-bond acceptors (Lipinski definition) is 5. The molecule has 2 rings (SSSR count).